The van der Waals surface area contributed by atoms with Gasteiger partial charge in [-0.3, -0.25) is 8.74 Å². The minimum absolute atomic E-state index is 0.0561. The smallest absolute Gasteiger partial charge is 0.282 e. The summed E-state index contributed by atoms with van der Waals surface area (Å²) in [5.41, 5.74) is 0.164. The molecule has 0 radical (unpaired) electrons. The van der Waals surface area contributed by atoms with Gasteiger partial charge in [-0.15, -0.1) is 0 Å². The molecule has 0 fully saturated rings. The number of rotatable bonds is 4. The van der Waals surface area contributed by atoms with Crippen LogP contribution in [0.4, 0.5) is 0 Å². The summed E-state index contributed by atoms with van der Waals surface area (Å²) < 4.78 is 66.1. The van der Waals surface area contributed by atoms with Gasteiger partial charge in [-0.05, 0) is 65.5 Å². The average molecular weight is 586 g/mol. The molecule has 0 heterocycles. The molecule has 10 heteroatoms. The van der Waals surface area contributed by atoms with Crippen molar-refractivity contribution in [1.29, 1.82) is 0 Å². The predicted molar refractivity (Wildman–Crippen MR) is 126 cm³/mol. The zero-order chi connectivity index (χ0) is 22.6. The van der Waals surface area contributed by atoms with Crippen LogP contribution in [-0.4, -0.2) is 28.5 Å². The van der Waals surface area contributed by atoms with Crippen LogP contribution in [0.5, 0.6) is 0 Å². The van der Waals surface area contributed by atoms with E-state index >= 15 is 0 Å². The van der Waals surface area contributed by atoms with E-state index in [9.17, 15) is 21.4 Å². The summed E-state index contributed by atoms with van der Waals surface area (Å²) in [6.45, 7) is 0. The fourth-order valence-electron chi connectivity index (χ4n) is 3.67. The quantitative estimate of drug-likeness (QED) is 0.241. The van der Waals surface area contributed by atoms with Gasteiger partial charge in [-0.25, -0.2) is 0 Å². The normalized spacial score (nSPS) is 12.5. The lowest BCUT2D eigenvalue weighted by Gasteiger charge is -2.19. The van der Waals surface area contributed by atoms with E-state index in [2.05, 4.69) is 31.9 Å². The molecule has 0 amide bonds. The molecule has 0 aromatic heterocycles. The van der Waals surface area contributed by atoms with E-state index in [1.807, 2.05) is 0 Å². The first-order valence-electron chi connectivity index (χ1n) is 8.77. The highest BCUT2D eigenvalue weighted by Crippen LogP contribution is 2.47. The topological polar surface area (TPSA) is 97.7 Å². The van der Waals surface area contributed by atoms with Gasteiger partial charge in [0, 0.05) is 20.1 Å². The average Bonchev–Trinajstić information content (AvgIpc) is 2.70. The number of fused-ring (bicyclic) bond motifs is 2. The van der Waals surface area contributed by atoms with E-state index < -0.39 is 25.1 Å². The van der Waals surface area contributed by atoms with Crippen LogP contribution in [0.25, 0.3) is 32.7 Å². The number of benzene rings is 4. The SMILES string of the molecule is COS(=O)(=O)c1c(Br)cc2ccccc2c1-c1c(S(=O)(=O)O)c(Br)cc2ccccc12. The van der Waals surface area contributed by atoms with Crippen LogP contribution >= 0.6 is 31.9 Å². The van der Waals surface area contributed by atoms with Crippen LogP contribution in [0.15, 0.2) is 79.4 Å². The van der Waals surface area contributed by atoms with Gasteiger partial charge in [0.05, 0.1) is 7.11 Å². The third-order valence-electron chi connectivity index (χ3n) is 4.89. The fourth-order valence-corrected chi connectivity index (χ4v) is 7.46. The summed E-state index contributed by atoms with van der Waals surface area (Å²) in [7, 11) is -8.00. The highest BCUT2D eigenvalue weighted by Gasteiger charge is 2.31. The molecule has 31 heavy (non-hydrogen) atoms. The van der Waals surface area contributed by atoms with E-state index in [-0.39, 0.29) is 25.0 Å². The monoisotopic (exact) mass is 584 g/mol. The third-order valence-corrected chi connectivity index (χ3v) is 8.97. The van der Waals surface area contributed by atoms with Gasteiger partial charge in [0.2, 0.25) is 0 Å². The maximum atomic E-state index is 13.0. The van der Waals surface area contributed by atoms with Crippen LogP contribution in [0.3, 0.4) is 0 Å². The summed E-state index contributed by atoms with van der Waals surface area (Å²) in [6.07, 6.45) is 0. The molecule has 0 spiro atoms. The fraction of sp³-hybridized carbons (Fsp3) is 0.0476. The van der Waals surface area contributed by atoms with Crippen LogP contribution in [0.2, 0.25) is 0 Å². The van der Waals surface area contributed by atoms with Crippen LogP contribution in [0, 0.1) is 0 Å². The Morgan fingerprint density at radius 2 is 1.16 bits per heavy atom. The van der Waals surface area contributed by atoms with Crippen molar-refractivity contribution in [2.75, 3.05) is 7.11 Å². The summed E-state index contributed by atoms with van der Waals surface area (Å²) in [5.74, 6) is 0. The molecule has 0 aliphatic rings. The largest absolute Gasteiger partial charge is 0.298 e. The van der Waals surface area contributed by atoms with Gasteiger partial charge in [0.15, 0.2) is 0 Å². The lowest BCUT2D eigenvalue weighted by atomic mass is 9.93. The molecule has 0 aliphatic heterocycles. The second kappa shape index (κ2) is 7.95. The van der Waals surface area contributed by atoms with Crippen LogP contribution in [0.1, 0.15) is 0 Å². The molecule has 0 bridgehead atoms. The number of hydrogen-bond acceptors (Lipinski definition) is 5. The molecule has 4 aromatic carbocycles. The third kappa shape index (κ3) is 3.81. The molecule has 0 unspecified atom stereocenters. The summed E-state index contributed by atoms with van der Waals surface area (Å²) >= 11 is 6.56. The van der Waals surface area contributed by atoms with Crippen LogP contribution in [-0.2, 0) is 24.4 Å². The Bertz CT molecular complexity index is 1580. The van der Waals surface area contributed by atoms with E-state index in [4.69, 9.17) is 4.18 Å². The van der Waals surface area contributed by atoms with Crippen molar-refractivity contribution < 1.29 is 25.6 Å². The summed E-state index contributed by atoms with van der Waals surface area (Å²) in [5, 5.41) is 2.26. The van der Waals surface area contributed by atoms with E-state index in [1.165, 1.54) is 0 Å². The van der Waals surface area contributed by atoms with E-state index in [0.717, 1.165) is 7.11 Å². The first-order chi connectivity index (χ1) is 14.6. The van der Waals surface area contributed by atoms with Crippen molar-refractivity contribution in [2.45, 2.75) is 9.79 Å². The van der Waals surface area contributed by atoms with Gasteiger partial charge in [-0.2, -0.15) is 16.8 Å². The molecular weight excluding hydrogens is 572 g/mol. The first-order valence-corrected chi connectivity index (χ1v) is 13.2. The Balaban J connectivity index is 2.41. The second-order valence-electron chi connectivity index (χ2n) is 6.66. The van der Waals surface area contributed by atoms with Gasteiger partial charge in [0.1, 0.15) is 9.79 Å². The molecule has 160 valence electrons. The van der Waals surface area contributed by atoms with Gasteiger partial charge in [-0.1, -0.05) is 48.5 Å². The molecule has 0 atom stereocenters. The van der Waals surface area contributed by atoms with E-state index in [0.29, 0.717) is 21.5 Å². The Morgan fingerprint density at radius 3 is 1.61 bits per heavy atom. The number of halogens is 2. The lowest BCUT2D eigenvalue weighted by molar-refractivity contribution is 0.397. The standard InChI is InChI=1S/C21H14Br2O6S2/c1-29-31(27,28)21-17(23)11-13-7-3-5-9-15(13)19(21)18-14-8-4-2-6-12(14)10-16(22)20(18)30(24,25)26/h2-11H,1H3,(H,24,25,26). The molecule has 4 aromatic rings. The van der Waals surface area contributed by atoms with Crippen molar-refractivity contribution in [3.8, 4) is 11.1 Å². The molecule has 0 saturated heterocycles. The Hall–Kier alpha value is -1.82. The lowest BCUT2D eigenvalue weighted by Crippen LogP contribution is -2.09. The number of hydrogen-bond donors (Lipinski definition) is 1. The van der Waals surface area contributed by atoms with Gasteiger partial charge < -0.3 is 0 Å². The van der Waals surface area contributed by atoms with Crippen LogP contribution < -0.4 is 0 Å². The molecule has 0 saturated carbocycles. The van der Waals surface area contributed by atoms with Gasteiger partial charge >= 0.3 is 0 Å². The Morgan fingerprint density at radius 1 is 0.742 bits per heavy atom. The highest BCUT2D eigenvalue weighted by molar-refractivity contribution is 9.10. The van der Waals surface area contributed by atoms with E-state index in [1.54, 1.807) is 60.7 Å². The van der Waals surface area contributed by atoms with Crippen molar-refractivity contribution in [1.82, 2.24) is 0 Å². The second-order valence-corrected chi connectivity index (χ2v) is 11.4. The Labute approximate surface area is 196 Å². The maximum Gasteiger partial charge on any atom is 0.298 e. The zero-order valence-corrected chi connectivity index (χ0v) is 20.6. The van der Waals surface area contributed by atoms with Crippen molar-refractivity contribution in [3.05, 3.63) is 69.6 Å². The predicted octanol–water partition coefficient (Wildman–Crippen LogP) is 5.77. The van der Waals surface area contributed by atoms with Crippen molar-refractivity contribution >= 4 is 73.6 Å². The molecule has 0 aliphatic carbocycles. The highest BCUT2D eigenvalue weighted by atomic mass is 79.9. The molecule has 4 rings (SSSR count). The van der Waals surface area contributed by atoms with Gasteiger partial charge in [0.25, 0.3) is 20.2 Å². The van der Waals surface area contributed by atoms with Crippen molar-refractivity contribution in [2.24, 2.45) is 0 Å². The minimum atomic E-state index is -4.75. The zero-order valence-electron chi connectivity index (χ0n) is 15.8. The maximum absolute atomic E-state index is 13.0. The Kier molecular flexibility index (Phi) is 5.74. The first kappa shape index (κ1) is 22.4. The molecule has 6 nitrogen and oxygen atoms in total. The molecular formula is C21H14Br2O6S2. The summed E-state index contributed by atoms with van der Waals surface area (Å²) in [4.78, 5) is -0.663. The minimum Gasteiger partial charge on any atom is -0.282 e. The molecule has 1 N–H and O–H groups in total. The summed E-state index contributed by atoms with van der Waals surface area (Å²) in [6, 6.07) is 17.1. The van der Waals surface area contributed by atoms with Crippen molar-refractivity contribution in [3.63, 3.8) is 0 Å².